The Morgan fingerprint density at radius 1 is 0.524 bits per heavy atom. The minimum Gasteiger partial charge on any atom is -0.456 e. The van der Waals surface area contributed by atoms with Crippen molar-refractivity contribution < 1.29 is 8.83 Å². The Kier molecular flexibility index (Phi) is 7.29. The fraction of sp³-hybridized carbons (Fsp3) is 0.276. The van der Waals surface area contributed by atoms with Gasteiger partial charge in [-0.2, -0.15) is 0 Å². The molecule has 13 rings (SSSR count). The molecule has 5 heteroatoms. The number of fused-ring (bicyclic) bond motifs is 15. The molecule has 0 saturated heterocycles. The minimum atomic E-state index is -0.154. The summed E-state index contributed by atoms with van der Waals surface area (Å²) in [6.07, 6.45) is 4.73. The van der Waals surface area contributed by atoms with Gasteiger partial charge in [0.25, 0.3) is 0 Å². The van der Waals surface area contributed by atoms with Gasteiger partial charge in [0.2, 0.25) is 0 Å². The van der Waals surface area contributed by atoms with Gasteiger partial charge in [-0.05, 0) is 112 Å². The Labute approximate surface area is 370 Å². The van der Waals surface area contributed by atoms with E-state index in [1.165, 1.54) is 68.4 Å². The summed E-state index contributed by atoms with van der Waals surface area (Å²) in [5, 5.41) is 4.61. The molecule has 0 spiro atoms. The summed E-state index contributed by atoms with van der Waals surface area (Å²) >= 11 is 0. The van der Waals surface area contributed by atoms with E-state index in [-0.39, 0.29) is 28.6 Å². The molecule has 5 heterocycles. The fourth-order valence-corrected chi connectivity index (χ4v) is 12.6. The van der Waals surface area contributed by atoms with Crippen molar-refractivity contribution in [2.75, 3.05) is 9.71 Å². The van der Waals surface area contributed by atoms with Crippen LogP contribution >= 0.6 is 0 Å². The van der Waals surface area contributed by atoms with Gasteiger partial charge in [-0.25, -0.2) is 0 Å². The summed E-state index contributed by atoms with van der Waals surface area (Å²) in [7, 11) is 0. The molecule has 310 valence electrons. The third-order valence-corrected chi connectivity index (χ3v) is 16.1. The molecular weight excluding hydrogens is 767 g/mol. The molecule has 4 aliphatic rings. The first kappa shape index (κ1) is 37.4. The monoisotopic (exact) mass is 820 g/mol. The molecule has 2 unspecified atom stereocenters. The Balaban J connectivity index is 1.26. The van der Waals surface area contributed by atoms with Crippen LogP contribution in [0.2, 0.25) is 0 Å². The number of hydrogen-bond acceptors (Lipinski definition) is 4. The highest BCUT2D eigenvalue weighted by molar-refractivity contribution is 6.95. The van der Waals surface area contributed by atoms with Gasteiger partial charge in [-0.15, -0.1) is 0 Å². The molecule has 0 bridgehead atoms. The average Bonchev–Trinajstić information content (AvgIpc) is 3.91. The summed E-state index contributed by atoms with van der Waals surface area (Å²) in [6, 6.07) is 47.8. The van der Waals surface area contributed by atoms with Crippen LogP contribution in [-0.2, 0) is 16.2 Å². The number of anilines is 4. The SMILES string of the molecule is CC(C)(C)c1ccc(N2c3ccc4c(oc5ccccc54)c3B3c4c(cc5c(oc6ccccc65)c42)-c2cc(C(C)(C)C)cc4c2N3C2(C)CCCCC42C)c(-c2ccccc2)c1. The summed E-state index contributed by atoms with van der Waals surface area (Å²) in [6.45, 7) is 19.2. The molecular formula is C58H53BN2O2. The highest BCUT2D eigenvalue weighted by atomic mass is 16.3. The van der Waals surface area contributed by atoms with Crippen LogP contribution in [-0.4, -0.2) is 12.4 Å². The van der Waals surface area contributed by atoms with Gasteiger partial charge < -0.3 is 18.5 Å². The Hall–Kier alpha value is -6.20. The largest absolute Gasteiger partial charge is 0.456 e. The quantitative estimate of drug-likeness (QED) is 0.163. The van der Waals surface area contributed by atoms with Gasteiger partial charge in [-0.3, -0.25) is 0 Å². The highest BCUT2D eigenvalue weighted by Crippen LogP contribution is 2.64. The average molecular weight is 821 g/mol. The van der Waals surface area contributed by atoms with Gasteiger partial charge in [0.1, 0.15) is 16.7 Å². The number of para-hydroxylation sites is 2. The molecule has 63 heavy (non-hydrogen) atoms. The van der Waals surface area contributed by atoms with E-state index in [4.69, 9.17) is 8.83 Å². The van der Waals surface area contributed by atoms with Crippen molar-refractivity contribution in [2.45, 2.75) is 103 Å². The summed E-state index contributed by atoms with van der Waals surface area (Å²) in [5.74, 6) is 0. The molecule has 9 aromatic rings. The first-order chi connectivity index (χ1) is 30.3. The number of benzene rings is 7. The van der Waals surface area contributed by atoms with Crippen LogP contribution in [0.5, 0.6) is 0 Å². The van der Waals surface area contributed by atoms with Crippen LogP contribution in [0.3, 0.4) is 0 Å². The third-order valence-electron chi connectivity index (χ3n) is 16.1. The van der Waals surface area contributed by atoms with Crippen molar-refractivity contribution >= 4 is 84.4 Å². The number of nitrogens with zero attached hydrogens (tertiary/aromatic N) is 2. The van der Waals surface area contributed by atoms with Crippen LogP contribution in [0.25, 0.3) is 66.1 Å². The van der Waals surface area contributed by atoms with E-state index >= 15 is 0 Å². The van der Waals surface area contributed by atoms with Crippen LogP contribution in [0.4, 0.5) is 22.7 Å². The summed E-state index contributed by atoms with van der Waals surface area (Å²) < 4.78 is 14.5. The number of hydrogen-bond donors (Lipinski definition) is 0. The van der Waals surface area contributed by atoms with Crippen molar-refractivity contribution in [1.82, 2.24) is 0 Å². The molecule has 2 atom stereocenters. The molecule has 4 nitrogen and oxygen atoms in total. The van der Waals surface area contributed by atoms with E-state index < -0.39 is 0 Å². The topological polar surface area (TPSA) is 32.8 Å². The van der Waals surface area contributed by atoms with E-state index in [1.54, 1.807) is 0 Å². The summed E-state index contributed by atoms with van der Waals surface area (Å²) in [4.78, 5) is 5.50. The van der Waals surface area contributed by atoms with Crippen molar-refractivity contribution in [1.29, 1.82) is 0 Å². The van der Waals surface area contributed by atoms with Gasteiger partial charge in [0, 0.05) is 60.5 Å². The lowest BCUT2D eigenvalue weighted by atomic mass is 9.42. The highest BCUT2D eigenvalue weighted by Gasteiger charge is 2.64. The normalized spacial score (nSPS) is 20.2. The third kappa shape index (κ3) is 4.78. The number of furan rings is 2. The van der Waals surface area contributed by atoms with E-state index in [2.05, 4.69) is 192 Å². The lowest BCUT2D eigenvalue weighted by Gasteiger charge is -2.55. The lowest BCUT2D eigenvalue weighted by molar-refractivity contribution is 0.199. The molecule has 7 aromatic carbocycles. The molecule has 2 aromatic heterocycles. The molecule has 1 saturated carbocycles. The zero-order chi connectivity index (χ0) is 42.9. The summed E-state index contributed by atoms with van der Waals surface area (Å²) in [5.41, 5.74) is 20.1. The maximum atomic E-state index is 7.26. The molecule has 0 N–H and O–H groups in total. The standard InChI is InChI=1S/C58H53BN2O2/c1-55(2,3)35-24-26-45(40(30-35)34-18-10-9-11-19-34)60-46-27-25-39-37-20-12-14-22-47(37)62-53(39)50(46)59-49-41(33-43-38-21-13-15-23-48(38)63-54(43)52(49)60)42-31-36(56(4,5)6)32-44-51(42)61(59)58(8)29-17-16-28-57(44,58)7/h9-15,18-27,30-33H,16-17,28-29H2,1-8H3. The molecule has 1 aliphatic carbocycles. The van der Waals surface area contributed by atoms with E-state index in [0.717, 1.165) is 73.8 Å². The van der Waals surface area contributed by atoms with Crippen molar-refractivity contribution in [3.8, 4) is 22.3 Å². The Morgan fingerprint density at radius 2 is 1.16 bits per heavy atom. The molecule has 3 aliphatic heterocycles. The Morgan fingerprint density at radius 3 is 1.89 bits per heavy atom. The van der Waals surface area contributed by atoms with E-state index in [1.807, 2.05) is 0 Å². The van der Waals surface area contributed by atoms with Gasteiger partial charge in [0.15, 0.2) is 5.58 Å². The second kappa shape index (κ2) is 12.3. The fourth-order valence-electron chi connectivity index (χ4n) is 12.6. The maximum Gasteiger partial charge on any atom is 0.333 e. The van der Waals surface area contributed by atoms with Crippen LogP contribution < -0.4 is 20.6 Å². The molecule has 1 fully saturated rings. The zero-order valence-electron chi connectivity index (χ0n) is 37.7. The van der Waals surface area contributed by atoms with Gasteiger partial charge >= 0.3 is 6.85 Å². The predicted octanol–water partition coefficient (Wildman–Crippen LogP) is 14.7. The maximum absolute atomic E-state index is 7.26. The Bertz CT molecular complexity index is 3430. The smallest absolute Gasteiger partial charge is 0.333 e. The first-order valence-electron chi connectivity index (χ1n) is 23.2. The minimum absolute atomic E-state index is 0.0395. The predicted molar refractivity (Wildman–Crippen MR) is 266 cm³/mol. The van der Waals surface area contributed by atoms with Crippen LogP contribution in [0, 0.1) is 0 Å². The molecule has 0 radical (unpaired) electrons. The van der Waals surface area contributed by atoms with Crippen molar-refractivity contribution in [2.24, 2.45) is 0 Å². The second-order valence-electron chi connectivity index (χ2n) is 21.6. The van der Waals surface area contributed by atoms with Gasteiger partial charge in [0.05, 0.1) is 11.4 Å². The number of rotatable bonds is 2. The van der Waals surface area contributed by atoms with Crippen molar-refractivity contribution in [3.63, 3.8) is 0 Å². The van der Waals surface area contributed by atoms with Crippen molar-refractivity contribution in [3.05, 3.63) is 144 Å². The van der Waals surface area contributed by atoms with E-state index in [0.29, 0.717) is 0 Å². The van der Waals surface area contributed by atoms with Crippen LogP contribution in [0.1, 0.15) is 97.8 Å². The molecule has 0 amide bonds. The van der Waals surface area contributed by atoms with E-state index in [9.17, 15) is 0 Å². The van der Waals surface area contributed by atoms with Crippen LogP contribution in [0.15, 0.2) is 136 Å². The van der Waals surface area contributed by atoms with Gasteiger partial charge in [-0.1, -0.05) is 140 Å². The lowest BCUT2D eigenvalue weighted by Crippen LogP contribution is -2.70. The zero-order valence-corrected chi connectivity index (χ0v) is 37.7. The first-order valence-corrected chi connectivity index (χ1v) is 23.2. The second-order valence-corrected chi connectivity index (χ2v) is 21.6.